The number of halogens is 1. The molecule has 1 aromatic heterocycles. The van der Waals surface area contributed by atoms with Crippen LogP contribution in [0.4, 0.5) is 0 Å². The van der Waals surface area contributed by atoms with Gasteiger partial charge in [-0.1, -0.05) is 30.7 Å². The van der Waals surface area contributed by atoms with Gasteiger partial charge in [0.15, 0.2) is 4.77 Å². The van der Waals surface area contributed by atoms with E-state index in [4.69, 9.17) is 23.8 Å². The predicted molar refractivity (Wildman–Crippen MR) is 75.9 cm³/mol. The van der Waals surface area contributed by atoms with Gasteiger partial charge in [0.1, 0.15) is 0 Å². The van der Waals surface area contributed by atoms with E-state index in [1.54, 1.807) is 0 Å². The minimum absolute atomic E-state index is 0.120. The molecule has 0 radical (unpaired) electrons. The Balaban J connectivity index is 2.42. The van der Waals surface area contributed by atoms with Gasteiger partial charge in [0.25, 0.3) is 5.56 Å². The minimum Gasteiger partial charge on any atom is -0.336 e. The minimum atomic E-state index is -0.120. The summed E-state index contributed by atoms with van der Waals surface area (Å²) in [7, 11) is 0. The highest BCUT2D eigenvalue weighted by molar-refractivity contribution is 7.71. The van der Waals surface area contributed by atoms with E-state index < -0.39 is 0 Å². The Hall–Kier alpha value is -1.39. The lowest BCUT2D eigenvalue weighted by Crippen LogP contribution is -2.18. The van der Waals surface area contributed by atoms with Gasteiger partial charge in [-0.05, 0) is 36.3 Å². The number of aryl methyl sites for hydroxylation is 1. The number of benzene rings is 1. The first-order valence-electron chi connectivity index (χ1n) is 5.69. The van der Waals surface area contributed by atoms with Gasteiger partial charge in [-0.25, -0.2) is 0 Å². The van der Waals surface area contributed by atoms with Crippen LogP contribution in [0.25, 0.3) is 0 Å². The SMILES string of the molecule is CCc1[nH]c(=S)[nH]c(=O)c1Cc1ccc(Cl)cc1. The van der Waals surface area contributed by atoms with Gasteiger partial charge in [-0.2, -0.15) is 0 Å². The van der Waals surface area contributed by atoms with E-state index in [0.717, 1.165) is 23.2 Å². The summed E-state index contributed by atoms with van der Waals surface area (Å²) >= 11 is 10.8. The first kappa shape index (κ1) is 13.1. The van der Waals surface area contributed by atoms with E-state index in [1.807, 2.05) is 31.2 Å². The summed E-state index contributed by atoms with van der Waals surface area (Å²) in [4.78, 5) is 17.6. The monoisotopic (exact) mass is 280 g/mol. The van der Waals surface area contributed by atoms with Crippen molar-refractivity contribution >= 4 is 23.8 Å². The van der Waals surface area contributed by atoms with Crippen molar-refractivity contribution in [3.8, 4) is 0 Å². The molecule has 94 valence electrons. The molecule has 5 heteroatoms. The zero-order chi connectivity index (χ0) is 13.1. The van der Waals surface area contributed by atoms with Gasteiger partial charge >= 0.3 is 0 Å². The number of hydrogen-bond acceptors (Lipinski definition) is 2. The molecule has 3 nitrogen and oxygen atoms in total. The summed E-state index contributed by atoms with van der Waals surface area (Å²) in [5, 5.41) is 0.691. The van der Waals surface area contributed by atoms with E-state index >= 15 is 0 Å². The number of aromatic nitrogens is 2. The molecule has 2 aromatic rings. The van der Waals surface area contributed by atoms with Gasteiger partial charge in [-0.15, -0.1) is 0 Å². The van der Waals surface area contributed by atoms with Crippen molar-refractivity contribution < 1.29 is 0 Å². The Morgan fingerprint density at radius 2 is 1.89 bits per heavy atom. The van der Waals surface area contributed by atoms with Gasteiger partial charge in [0.05, 0.1) is 0 Å². The van der Waals surface area contributed by atoms with Crippen molar-refractivity contribution in [3.05, 3.63) is 61.2 Å². The molecule has 0 amide bonds. The highest BCUT2D eigenvalue weighted by atomic mass is 35.5. The normalized spacial score (nSPS) is 10.6. The van der Waals surface area contributed by atoms with Gasteiger partial charge in [-0.3, -0.25) is 9.78 Å². The summed E-state index contributed by atoms with van der Waals surface area (Å²) in [6, 6.07) is 7.48. The third-order valence-corrected chi connectivity index (χ3v) is 3.23. The standard InChI is InChI=1S/C13H13ClN2OS/c1-2-11-10(12(17)16-13(18)15-11)7-8-3-5-9(14)6-4-8/h3-6H,2,7H2,1H3,(H2,15,16,17,18). The fourth-order valence-electron chi connectivity index (χ4n) is 1.85. The number of hydrogen-bond donors (Lipinski definition) is 2. The third-order valence-electron chi connectivity index (χ3n) is 2.78. The fraction of sp³-hybridized carbons (Fsp3) is 0.231. The Morgan fingerprint density at radius 3 is 2.50 bits per heavy atom. The molecule has 0 saturated carbocycles. The van der Waals surface area contributed by atoms with Gasteiger partial charge < -0.3 is 4.98 Å². The molecule has 0 fully saturated rings. The largest absolute Gasteiger partial charge is 0.336 e. The van der Waals surface area contributed by atoms with E-state index in [0.29, 0.717) is 16.2 Å². The lowest BCUT2D eigenvalue weighted by Gasteiger charge is -2.07. The van der Waals surface area contributed by atoms with Crippen LogP contribution in [0, 0.1) is 4.77 Å². The maximum absolute atomic E-state index is 11.9. The summed E-state index contributed by atoms with van der Waals surface area (Å²) in [6.07, 6.45) is 1.32. The molecule has 18 heavy (non-hydrogen) atoms. The molecule has 2 rings (SSSR count). The molecule has 0 aliphatic rings. The topological polar surface area (TPSA) is 48.6 Å². The van der Waals surface area contributed by atoms with Crippen molar-refractivity contribution in [1.29, 1.82) is 0 Å². The van der Waals surface area contributed by atoms with Crippen LogP contribution in [0.5, 0.6) is 0 Å². The molecule has 1 heterocycles. The quantitative estimate of drug-likeness (QED) is 0.848. The Kier molecular flexibility index (Phi) is 3.99. The number of aromatic amines is 2. The average Bonchev–Trinajstić information content (AvgIpc) is 2.34. The lowest BCUT2D eigenvalue weighted by atomic mass is 10.0. The molecule has 2 N–H and O–H groups in total. The lowest BCUT2D eigenvalue weighted by molar-refractivity contribution is 0.907. The molecule has 0 unspecified atom stereocenters. The van der Waals surface area contributed by atoms with Crippen LogP contribution in [0.2, 0.25) is 5.02 Å². The van der Waals surface area contributed by atoms with Gasteiger partial charge in [0.2, 0.25) is 0 Å². The Morgan fingerprint density at radius 1 is 1.22 bits per heavy atom. The van der Waals surface area contributed by atoms with Crippen molar-refractivity contribution in [2.75, 3.05) is 0 Å². The van der Waals surface area contributed by atoms with Crippen molar-refractivity contribution in [3.63, 3.8) is 0 Å². The molecule has 0 saturated heterocycles. The Bertz CT molecular complexity index is 658. The van der Waals surface area contributed by atoms with Crippen LogP contribution in [-0.4, -0.2) is 9.97 Å². The smallest absolute Gasteiger partial charge is 0.255 e. The van der Waals surface area contributed by atoms with Gasteiger partial charge in [0, 0.05) is 22.7 Å². The second kappa shape index (κ2) is 5.50. The molecular weight excluding hydrogens is 268 g/mol. The van der Waals surface area contributed by atoms with Crippen LogP contribution in [0.15, 0.2) is 29.1 Å². The second-order valence-corrected chi connectivity index (χ2v) is 4.87. The summed E-state index contributed by atoms with van der Waals surface area (Å²) in [6.45, 7) is 1.99. The van der Waals surface area contributed by atoms with Crippen molar-refractivity contribution in [1.82, 2.24) is 9.97 Å². The zero-order valence-corrected chi connectivity index (χ0v) is 11.5. The van der Waals surface area contributed by atoms with Crippen molar-refractivity contribution in [2.45, 2.75) is 19.8 Å². The molecule has 0 spiro atoms. The zero-order valence-electron chi connectivity index (χ0n) is 9.92. The molecule has 0 atom stereocenters. The van der Waals surface area contributed by atoms with E-state index in [9.17, 15) is 4.79 Å². The second-order valence-electron chi connectivity index (χ2n) is 4.02. The third kappa shape index (κ3) is 2.89. The molecule has 0 bridgehead atoms. The number of H-pyrrole nitrogens is 2. The van der Waals surface area contributed by atoms with Crippen LogP contribution in [0.3, 0.4) is 0 Å². The first-order valence-corrected chi connectivity index (χ1v) is 6.47. The van der Waals surface area contributed by atoms with E-state index in [2.05, 4.69) is 9.97 Å². The maximum atomic E-state index is 11.9. The molecule has 0 aliphatic carbocycles. The van der Waals surface area contributed by atoms with E-state index in [-0.39, 0.29) is 5.56 Å². The summed E-state index contributed by atoms with van der Waals surface area (Å²) < 4.78 is 0.372. The van der Waals surface area contributed by atoms with Crippen molar-refractivity contribution in [2.24, 2.45) is 0 Å². The predicted octanol–water partition coefficient (Wildman–Crippen LogP) is 3.24. The van der Waals surface area contributed by atoms with Crippen LogP contribution in [0.1, 0.15) is 23.7 Å². The molecule has 1 aromatic carbocycles. The molecule has 0 aliphatic heterocycles. The van der Waals surface area contributed by atoms with Crippen LogP contribution < -0.4 is 5.56 Å². The summed E-state index contributed by atoms with van der Waals surface area (Å²) in [5.74, 6) is 0. The number of nitrogens with one attached hydrogen (secondary N) is 2. The highest BCUT2D eigenvalue weighted by Gasteiger charge is 2.07. The highest BCUT2D eigenvalue weighted by Crippen LogP contribution is 2.13. The number of rotatable bonds is 3. The maximum Gasteiger partial charge on any atom is 0.255 e. The first-order chi connectivity index (χ1) is 8.60. The summed E-state index contributed by atoms with van der Waals surface area (Å²) in [5.41, 5.74) is 2.54. The Labute approximate surface area is 115 Å². The average molecular weight is 281 g/mol. The molecular formula is C13H13ClN2OS. The van der Waals surface area contributed by atoms with E-state index in [1.165, 1.54) is 0 Å². The van der Waals surface area contributed by atoms with Crippen LogP contribution >= 0.6 is 23.8 Å². The fourth-order valence-corrected chi connectivity index (χ4v) is 2.20. The van der Waals surface area contributed by atoms with Crippen LogP contribution in [-0.2, 0) is 12.8 Å².